The molecule has 0 saturated carbocycles. The first-order chi connectivity index (χ1) is 13.8. The topological polar surface area (TPSA) is 18.5 Å². The minimum Gasteiger partial charge on any atom is -0.494 e. The molecule has 156 valence electrons. The Hall–Kier alpha value is -1.22. The standard InChI is InChI=1S/C25H37BrO2/c1-3-5-6-8-11-18-27-22-14-15-24-21(20-22)13-16-25(23(24)4-2)28-19-12-9-7-10-17-26/h13-16,20H,3-12,17-19H2,1-2H3. The Morgan fingerprint density at radius 3 is 2.18 bits per heavy atom. The Labute approximate surface area is 180 Å². The fraction of sp³-hybridized carbons (Fsp3) is 0.600. The van der Waals surface area contributed by atoms with Gasteiger partial charge in [0.1, 0.15) is 11.5 Å². The zero-order valence-corrected chi connectivity index (χ0v) is 19.4. The molecule has 2 rings (SSSR count). The van der Waals surface area contributed by atoms with Crippen LogP contribution in [0.15, 0.2) is 30.3 Å². The number of hydrogen-bond donors (Lipinski definition) is 0. The summed E-state index contributed by atoms with van der Waals surface area (Å²) in [6, 6.07) is 10.8. The van der Waals surface area contributed by atoms with Crippen molar-refractivity contribution in [1.29, 1.82) is 0 Å². The van der Waals surface area contributed by atoms with E-state index in [4.69, 9.17) is 9.47 Å². The van der Waals surface area contributed by atoms with Crippen LogP contribution in [0.25, 0.3) is 10.8 Å². The number of halogens is 1. The van der Waals surface area contributed by atoms with Crippen LogP contribution >= 0.6 is 15.9 Å². The summed E-state index contributed by atoms with van der Waals surface area (Å²) < 4.78 is 12.1. The smallest absolute Gasteiger partial charge is 0.123 e. The number of hydrogen-bond acceptors (Lipinski definition) is 2. The highest BCUT2D eigenvalue weighted by molar-refractivity contribution is 9.09. The Bertz CT molecular complexity index is 684. The molecule has 0 spiro atoms. The van der Waals surface area contributed by atoms with Crippen molar-refractivity contribution in [3.63, 3.8) is 0 Å². The van der Waals surface area contributed by atoms with Gasteiger partial charge in [0.15, 0.2) is 0 Å². The number of unbranched alkanes of at least 4 members (excludes halogenated alkanes) is 7. The Balaban J connectivity index is 1.91. The van der Waals surface area contributed by atoms with E-state index in [0.717, 1.165) is 49.3 Å². The van der Waals surface area contributed by atoms with Gasteiger partial charge in [-0.2, -0.15) is 0 Å². The lowest BCUT2D eigenvalue weighted by molar-refractivity contribution is 0.302. The normalized spacial score (nSPS) is 11.1. The van der Waals surface area contributed by atoms with Gasteiger partial charge in [0.05, 0.1) is 13.2 Å². The van der Waals surface area contributed by atoms with Crippen molar-refractivity contribution < 1.29 is 9.47 Å². The molecule has 0 aromatic heterocycles. The van der Waals surface area contributed by atoms with E-state index in [-0.39, 0.29) is 0 Å². The van der Waals surface area contributed by atoms with Gasteiger partial charge in [-0.15, -0.1) is 0 Å². The van der Waals surface area contributed by atoms with Crippen molar-refractivity contribution in [2.45, 2.75) is 78.1 Å². The number of aryl methyl sites for hydroxylation is 1. The summed E-state index contributed by atoms with van der Waals surface area (Å²) >= 11 is 3.49. The van der Waals surface area contributed by atoms with Crippen LogP contribution in [0.5, 0.6) is 11.5 Å². The Kier molecular flexibility index (Phi) is 11.4. The van der Waals surface area contributed by atoms with Gasteiger partial charge in [-0.3, -0.25) is 0 Å². The predicted octanol–water partition coefficient (Wildman–Crippen LogP) is 8.09. The monoisotopic (exact) mass is 448 g/mol. The maximum absolute atomic E-state index is 6.12. The summed E-state index contributed by atoms with van der Waals surface area (Å²) in [5, 5.41) is 3.63. The first-order valence-corrected chi connectivity index (χ1v) is 12.3. The van der Waals surface area contributed by atoms with Crippen LogP contribution in [0.3, 0.4) is 0 Å². The fourth-order valence-electron chi connectivity index (χ4n) is 3.57. The van der Waals surface area contributed by atoms with E-state index in [0.29, 0.717) is 0 Å². The number of fused-ring (bicyclic) bond motifs is 1. The fourth-order valence-corrected chi connectivity index (χ4v) is 3.97. The van der Waals surface area contributed by atoms with Gasteiger partial charge >= 0.3 is 0 Å². The van der Waals surface area contributed by atoms with Crippen LogP contribution < -0.4 is 9.47 Å². The molecule has 0 aliphatic rings. The lowest BCUT2D eigenvalue weighted by Gasteiger charge is -2.14. The third kappa shape index (κ3) is 7.66. The molecule has 3 heteroatoms. The van der Waals surface area contributed by atoms with Crippen LogP contribution in [0.4, 0.5) is 0 Å². The molecule has 0 amide bonds. The zero-order chi connectivity index (χ0) is 20.0. The summed E-state index contributed by atoms with van der Waals surface area (Å²) in [6.07, 6.45) is 12.2. The van der Waals surface area contributed by atoms with Crippen LogP contribution in [0, 0.1) is 0 Å². The third-order valence-corrected chi connectivity index (χ3v) is 5.78. The average Bonchev–Trinajstić information content (AvgIpc) is 2.72. The van der Waals surface area contributed by atoms with Crippen LogP contribution in [0.2, 0.25) is 0 Å². The van der Waals surface area contributed by atoms with Crippen molar-refractivity contribution in [1.82, 2.24) is 0 Å². The van der Waals surface area contributed by atoms with Crippen LogP contribution in [-0.2, 0) is 6.42 Å². The minimum absolute atomic E-state index is 0.806. The van der Waals surface area contributed by atoms with E-state index in [1.54, 1.807) is 0 Å². The summed E-state index contributed by atoms with van der Waals surface area (Å²) in [5.74, 6) is 2.02. The van der Waals surface area contributed by atoms with E-state index < -0.39 is 0 Å². The van der Waals surface area contributed by atoms with Gasteiger partial charge in [0.2, 0.25) is 0 Å². The molecule has 2 aromatic rings. The minimum atomic E-state index is 0.806. The number of benzene rings is 2. The van der Waals surface area contributed by atoms with E-state index >= 15 is 0 Å². The molecule has 0 unspecified atom stereocenters. The first kappa shape index (κ1) is 23.1. The first-order valence-electron chi connectivity index (χ1n) is 11.2. The van der Waals surface area contributed by atoms with Gasteiger partial charge in [0, 0.05) is 10.9 Å². The van der Waals surface area contributed by atoms with Crippen molar-refractivity contribution in [2.75, 3.05) is 18.5 Å². The highest BCUT2D eigenvalue weighted by Crippen LogP contribution is 2.31. The van der Waals surface area contributed by atoms with Gasteiger partial charge in [-0.05, 0) is 54.7 Å². The molecular weight excluding hydrogens is 412 g/mol. The molecule has 0 aliphatic heterocycles. The zero-order valence-electron chi connectivity index (χ0n) is 17.8. The number of alkyl halides is 1. The van der Waals surface area contributed by atoms with Gasteiger partial charge in [-0.1, -0.05) is 80.4 Å². The summed E-state index contributed by atoms with van der Waals surface area (Å²) in [7, 11) is 0. The molecule has 0 heterocycles. The molecule has 0 saturated heterocycles. The lowest BCUT2D eigenvalue weighted by atomic mass is 10.0. The van der Waals surface area contributed by atoms with Crippen molar-refractivity contribution in [3.05, 3.63) is 35.9 Å². The van der Waals surface area contributed by atoms with Gasteiger partial charge in [-0.25, -0.2) is 0 Å². The maximum atomic E-state index is 6.12. The quantitative estimate of drug-likeness (QED) is 0.202. The highest BCUT2D eigenvalue weighted by atomic mass is 79.9. The predicted molar refractivity (Wildman–Crippen MR) is 125 cm³/mol. The van der Waals surface area contributed by atoms with Crippen LogP contribution in [0.1, 0.15) is 77.2 Å². The van der Waals surface area contributed by atoms with E-state index in [1.807, 2.05) is 0 Å². The second kappa shape index (κ2) is 13.9. The Morgan fingerprint density at radius 2 is 1.46 bits per heavy atom. The van der Waals surface area contributed by atoms with E-state index in [1.165, 1.54) is 61.3 Å². The molecule has 2 nitrogen and oxygen atoms in total. The van der Waals surface area contributed by atoms with E-state index in [9.17, 15) is 0 Å². The van der Waals surface area contributed by atoms with Gasteiger partial charge in [0.25, 0.3) is 0 Å². The SMILES string of the molecule is CCCCCCCOc1ccc2c(CC)c(OCCCCCCBr)ccc2c1. The number of ether oxygens (including phenoxy) is 2. The van der Waals surface area contributed by atoms with Gasteiger partial charge < -0.3 is 9.47 Å². The maximum Gasteiger partial charge on any atom is 0.123 e. The van der Waals surface area contributed by atoms with Crippen molar-refractivity contribution >= 4 is 26.7 Å². The van der Waals surface area contributed by atoms with E-state index in [2.05, 4.69) is 60.1 Å². The molecule has 0 atom stereocenters. The molecule has 0 radical (unpaired) electrons. The summed E-state index contributed by atoms with van der Waals surface area (Å²) in [5.41, 5.74) is 1.31. The number of rotatable bonds is 15. The van der Waals surface area contributed by atoms with Crippen molar-refractivity contribution in [2.24, 2.45) is 0 Å². The molecular formula is C25H37BrO2. The summed E-state index contributed by atoms with van der Waals surface area (Å²) in [6.45, 7) is 6.07. The third-order valence-electron chi connectivity index (χ3n) is 5.22. The molecule has 0 N–H and O–H groups in total. The van der Waals surface area contributed by atoms with Crippen LogP contribution in [-0.4, -0.2) is 18.5 Å². The molecule has 28 heavy (non-hydrogen) atoms. The van der Waals surface area contributed by atoms with Crippen molar-refractivity contribution in [3.8, 4) is 11.5 Å². The second-order valence-corrected chi connectivity index (χ2v) is 8.29. The molecule has 2 aromatic carbocycles. The molecule has 0 aliphatic carbocycles. The highest BCUT2D eigenvalue weighted by Gasteiger charge is 2.08. The second-order valence-electron chi connectivity index (χ2n) is 7.49. The molecule has 0 bridgehead atoms. The average molecular weight is 449 g/mol. The lowest BCUT2D eigenvalue weighted by Crippen LogP contribution is -2.01. The Morgan fingerprint density at radius 1 is 0.750 bits per heavy atom. The summed E-state index contributed by atoms with van der Waals surface area (Å²) in [4.78, 5) is 0. The molecule has 0 fully saturated rings. The largest absolute Gasteiger partial charge is 0.494 e.